The van der Waals surface area contributed by atoms with Gasteiger partial charge in [0.15, 0.2) is 0 Å². The van der Waals surface area contributed by atoms with E-state index < -0.39 is 0 Å². The van der Waals surface area contributed by atoms with Gasteiger partial charge in [-0.05, 0) is 31.0 Å². The van der Waals surface area contributed by atoms with Crippen molar-refractivity contribution < 1.29 is 9.32 Å². The molecule has 1 aliphatic carbocycles. The number of amides is 1. The Morgan fingerprint density at radius 2 is 2.27 bits per heavy atom. The first-order chi connectivity index (χ1) is 10.7. The number of benzene rings is 1. The Morgan fingerprint density at radius 3 is 3.00 bits per heavy atom. The number of carbonyl (C=O) groups is 1. The highest BCUT2D eigenvalue weighted by atomic mass is 16.5. The second-order valence-corrected chi connectivity index (χ2v) is 5.72. The number of hydrogen-bond donors (Lipinski definition) is 1. The van der Waals surface area contributed by atoms with Crippen molar-refractivity contribution in [2.24, 2.45) is 7.05 Å². The van der Waals surface area contributed by atoms with Gasteiger partial charge in [-0.3, -0.25) is 4.79 Å². The van der Waals surface area contributed by atoms with E-state index in [1.807, 2.05) is 25.2 Å². The minimum atomic E-state index is -0.119. The van der Waals surface area contributed by atoms with Gasteiger partial charge in [0.25, 0.3) is 0 Å². The summed E-state index contributed by atoms with van der Waals surface area (Å²) in [4.78, 5) is 16.7. The molecule has 1 aromatic carbocycles. The standard InChI is InChI=1S/C16H16N4O2/c1-20-14-5-4-11(8-13(14)18-16(20)10-2-3-10)17-15(21)9-12-6-7-22-19-12/h4-8,10H,2-3,9H2,1H3,(H,17,21). The molecule has 0 radical (unpaired) electrons. The zero-order valence-electron chi connectivity index (χ0n) is 12.2. The van der Waals surface area contributed by atoms with Crippen LogP contribution in [0.15, 0.2) is 35.1 Å². The van der Waals surface area contributed by atoms with Crippen LogP contribution in [0, 0.1) is 0 Å². The van der Waals surface area contributed by atoms with E-state index in [1.165, 1.54) is 19.1 Å². The Balaban J connectivity index is 1.55. The molecule has 4 rings (SSSR count). The van der Waals surface area contributed by atoms with Gasteiger partial charge in [-0.2, -0.15) is 0 Å². The number of aromatic nitrogens is 3. The van der Waals surface area contributed by atoms with E-state index in [-0.39, 0.29) is 12.3 Å². The van der Waals surface area contributed by atoms with Gasteiger partial charge in [0.05, 0.1) is 23.1 Å². The molecule has 0 bridgehead atoms. The fraction of sp³-hybridized carbons (Fsp3) is 0.312. The maximum Gasteiger partial charge on any atom is 0.230 e. The average Bonchev–Trinajstić information content (AvgIpc) is 3.12. The summed E-state index contributed by atoms with van der Waals surface area (Å²) >= 11 is 0. The molecule has 112 valence electrons. The van der Waals surface area contributed by atoms with E-state index in [2.05, 4.69) is 15.0 Å². The maximum atomic E-state index is 12.0. The molecule has 1 amide bonds. The van der Waals surface area contributed by atoms with Crippen LogP contribution in [0.5, 0.6) is 0 Å². The molecular weight excluding hydrogens is 280 g/mol. The third-order valence-corrected chi connectivity index (χ3v) is 3.97. The van der Waals surface area contributed by atoms with E-state index in [1.54, 1.807) is 6.07 Å². The van der Waals surface area contributed by atoms with Gasteiger partial charge >= 0.3 is 0 Å². The van der Waals surface area contributed by atoms with Crippen LogP contribution in [-0.2, 0) is 18.3 Å². The van der Waals surface area contributed by atoms with Crippen LogP contribution < -0.4 is 5.32 Å². The summed E-state index contributed by atoms with van der Waals surface area (Å²) in [6.45, 7) is 0. The van der Waals surface area contributed by atoms with Crippen LogP contribution in [0.2, 0.25) is 0 Å². The molecule has 1 saturated carbocycles. The van der Waals surface area contributed by atoms with Crippen molar-refractivity contribution in [3.8, 4) is 0 Å². The van der Waals surface area contributed by atoms with Crippen molar-refractivity contribution >= 4 is 22.6 Å². The smallest absolute Gasteiger partial charge is 0.230 e. The molecule has 2 heterocycles. The Morgan fingerprint density at radius 1 is 1.41 bits per heavy atom. The van der Waals surface area contributed by atoms with E-state index in [0.29, 0.717) is 11.6 Å². The zero-order valence-corrected chi connectivity index (χ0v) is 12.2. The zero-order chi connectivity index (χ0) is 15.1. The lowest BCUT2D eigenvalue weighted by Crippen LogP contribution is -2.14. The number of nitrogens with one attached hydrogen (secondary N) is 1. The molecule has 1 aliphatic rings. The fourth-order valence-electron chi connectivity index (χ4n) is 2.70. The van der Waals surface area contributed by atoms with Crippen LogP contribution in [0.3, 0.4) is 0 Å². The van der Waals surface area contributed by atoms with Crippen molar-refractivity contribution in [3.63, 3.8) is 0 Å². The summed E-state index contributed by atoms with van der Waals surface area (Å²) in [6.07, 6.45) is 4.10. The molecule has 0 atom stereocenters. The Bertz CT molecular complexity index is 831. The predicted molar refractivity (Wildman–Crippen MR) is 81.5 cm³/mol. The normalized spacial score (nSPS) is 14.4. The number of aryl methyl sites for hydroxylation is 1. The summed E-state index contributed by atoms with van der Waals surface area (Å²) in [6, 6.07) is 7.51. The summed E-state index contributed by atoms with van der Waals surface area (Å²) in [5.74, 6) is 1.62. The molecule has 6 heteroatoms. The highest BCUT2D eigenvalue weighted by Crippen LogP contribution is 2.40. The molecule has 6 nitrogen and oxygen atoms in total. The first-order valence-corrected chi connectivity index (χ1v) is 7.36. The van der Waals surface area contributed by atoms with Crippen molar-refractivity contribution in [3.05, 3.63) is 42.0 Å². The molecule has 2 aromatic heterocycles. The van der Waals surface area contributed by atoms with Crippen molar-refractivity contribution in [2.45, 2.75) is 25.2 Å². The average molecular weight is 296 g/mol. The number of anilines is 1. The maximum absolute atomic E-state index is 12.0. The lowest BCUT2D eigenvalue weighted by atomic mass is 10.2. The highest BCUT2D eigenvalue weighted by Gasteiger charge is 2.28. The summed E-state index contributed by atoms with van der Waals surface area (Å²) in [7, 11) is 2.05. The van der Waals surface area contributed by atoms with Crippen molar-refractivity contribution in [1.29, 1.82) is 0 Å². The van der Waals surface area contributed by atoms with Crippen LogP contribution in [0.25, 0.3) is 11.0 Å². The summed E-state index contributed by atoms with van der Waals surface area (Å²) in [5, 5.41) is 6.61. The summed E-state index contributed by atoms with van der Waals surface area (Å²) < 4.78 is 6.87. The molecule has 1 N–H and O–H groups in total. The van der Waals surface area contributed by atoms with E-state index in [0.717, 1.165) is 22.5 Å². The molecule has 1 fully saturated rings. The first-order valence-electron chi connectivity index (χ1n) is 7.36. The molecule has 22 heavy (non-hydrogen) atoms. The summed E-state index contributed by atoms with van der Waals surface area (Å²) in [5.41, 5.74) is 3.38. The SMILES string of the molecule is Cn1c(C2CC2)nc2cc(NC(=O)Cc3ccon3)ccc21. The Kier molecular flexibility index (Phi) is 2.96. The van der Waals surface area contributed by atoms with Crippen LogP contribution in [0.4, 0.5) is 5.69 Å². The van der Waals surface area contributed by atoms with Gasteiger partial charge in [0.2, 0.25) is 5.91 Å². The quantitative estimate of drug-likeness (QED) is 0.803. The second kappa shape index (κ2) is 4.98. The monoisotopic (exact) mass is 296 g/mol. The number of carbonyl (C=O) groups excluding carboxylic acids is 1. The van der Waals surface area contributed by atoms with E-state index in [9.17, 15) is 4.79 Å². The fourth-order valence-corrected chi connectivity index (χ4v) is 2.70. The Hall–Kier alpha value is -2.63. The molecule has 0 unspecified atom stereocenters. The van der Waals surface area contributed by atoms with Gasteiger partial charge < -0.3 is 14.4 Å². The number of rotatable bonds is 4. The largest absolute Gasteiger partial charge is 0.364 e. The number of fused-ring (bicyclic) bond motifs is 1. The van der Waals surface area contributed by atoms with E-state index in [4.69, 9.17) is 9.51 Å². The van der Waals surface area contributed by atoms with Gasteiger partial charge in [0.1, 0.15) is 12.1 Å². The lowest BCUT2D eigenvalue weighted by Gasteiger charge is -2.04. The van der Waals surface area contributed by atoms with Crippen LogP contribution >= 0.6 is 0 Å². The van der Waals surface area contributed by atoms with Gasteiger partial charge in [0, 0.05) is 24.7 Å². The second-order valence-electron chi connectivity index (χ2n) is 5.72. The van der Waals surface area contributed by atoms with Crippen molar-refractivity contribution in [2.75, 3.05) is 5.32 Å². The van der Waals surface area contributed by atoms with Crippen LogP contribution in [0.1, 0.15) is 30.3 Å². The number of hydrogen-bond acceptors (Lipinski definition) is 4. The van der Waals surface area contributed by atoms with Crippen LogP contribution in [-0.4, -0.2) is 20.6 Å². The lowest BCUT2D eigenvalue weighted by molar-refractivity contribution is -0.115. The minimum Gasteiger partial charge on any atom is -0.364 e. The molecule has 0 aliphatic heterocycles. The van der Waals surface area contributed by atoms with Crippen molar-refractivity contribution in [1.82, 2.24) is 14.7 Å². The molecular formula is C16H16N4O2. The minimum absolute atomic E-state index is 0.119. The first kappa shape index (κ1) is 13.1. The molecule has 0 spiro atoms. The third kappa shape index (κ3) is 2.36. The highest BCUT2D eigenvalue weighted by molar-refractivity contribution is 5.94. The number of imidazole rings is 1. The predicted octanol–water partition coefficient (Wildman–Crippen LogP) is 2.62. The Labute approximate surface area is 127 Å². The van der Waals surface area contributed by atoms with Gasteiger partial charge in [-0.15, -0.1) is 0 Å². The van der Waals surface area contributed by atoms with Gasteiger partial charge in [-0.1, -0.05) is 5.16 Å². The molecule has 0 saturated heterocycles. The topological polar surface area (TPSA) is 73.0 Å². The van der Waals surface area contributed by atoms with E-state index >= 15 is 0 Å². The van der Waals surface area contributed by atoms with Gasteiger partial charge in [-0.25, -0.2) is 4.98 Å². The number of nitrogens with zero attached hydrogens (tertiary/aromatic N) is 3. The molecule has 3 aromatic rings. The third-order valence-electron chi connectivity index (χ3n) is 3.97.